The van der Waals surface area contributed by atoms with Crippen LogP contribution in [-0.2, 0) is 19.1 Å². The molecule has 30 heavy (non-hydrogen) atoms. The Bertz CT molecular complexity index is 448. The summed E-state index contributed by atoms with van der Waals surface area (Å²) in [5.74, 6) is -0.177. The molecule has 0 radical (unpaired) electrons. The van der Waals surface area contributed by atoms with Gasteiger partial charge in [0.2, 0.25) is 11.8 Å². The zero-order valence-electron chi connectivity index (χ0n) is 20.1. The number of hydrogen-bond donors (Lipinski definition) is 3. The van der Waals surface area contributed by atoms with Gasteiger partial charge in [-0.3, -0.25) is 14.4 Å². The molecule has 1 saturated heterocycles. The van der Waals surface area contributed by atoms with Gasteiger partial charge in [0.25, 0.3) is 0 Å². The molecular weight excluding hydrogens is 384 g/mol. The van der Waals surface area contributed by atoms with Gasteiger partial charge in [-0.15, -0.1) is 0 Å². The molecule has 3 N–H and O–H groups in total. The number of ether oxygens (including phenoxy) is 1. The molecule has 0 aliphatic carbocycles. The van der Waals surface area contributed by atoms with E-state index in [0.29, 0.717) is 13.0 Å². The first-order valence-electron chi connectivity index (χ1n) is 11.6. The number of carbonyl (C=O) groups is 3. The fourth-order valence-electron chi connectivity index (χ4n) is 2.35. The standard InChI is InChI=1S/C17H30N2O5.C4H10.C2H6/c1-2-3-4-5-6-7-8-9-16(22)19-13(11-20)17(23)18-10-14(21)15-12-24-15;1-4(2)3;1-2/h13,15,20H,2-12H2,1H3,(H,18,23)(H,19,22);4H,1-3H3;1-2H3. The van der Waals surface area contributed by atoms with E-state index in [4.69, 9.17) is 4.74 Å². The minimum atomic E-state index is -1.02. The van der Waals surface area contributed by atoms with Gasteiger partial charge in [0.05, 0.1) is 19.8 Å². The van der Waals surface area contributed by atoms with Gasteiger partial charge < -0.3 is 20.5 Å². The van der Waals surface area contributed by atoms with Gasteiger partial charge >= 0.3 is 0 Å². The second-order valence-electron chi connectivity index (χ2n) is 7.91. The lowest BCUT2D eigenvalue weighted by Crippen LogP contribution is -2.50. The average molecular weight is 431 g/mol. The van der Waals surface area contributed by atoms with Crippen LogP contribution in [0.3, 0.4) is 0 Å². The minimum absolute atomic E-state index is 0.145. The van der Waals surface area contributed by atoms with Gasteiger partial charge in [0, 0.05) is 6.42 Å². The summed E-state index contributed by atoms with van der Waals surface area (Å²) in [4.78, 5) is 35.1. The molecule has 1 fully saturated rings. The van der Waals surface area contributed by atoms with Crippen molar-refractivity contribution in [2.75, 3.05) is 19.8 Å². The lowest BCUT2D eigenvalue weighted by molar-refractivity contribution is -0.131. The fourth-order valence-corrected chi connectivity index (χ4v) is 2.35. The lowest BCUT2D eigenvalue weighted by Gasteiger charge is -2.15. The van der Waals surface area contributed by atoms with Gasteiger partial charge in [-0.05, 0) is 12.3 Å². The maximum Gasteiger partial charge on any atom is 0.245 e. The number of unbranched alkanes of at least 4 members (excludes halogenated alkanes) is 6. The maximum atomic E-state index is 11.9. The SMILES string of the molecule is CC.CC(C)C.CCCCCCCCCC(=O)NC(CO)C(=O)NCC(=O)C1CO1. The van der Waals surface area contributed by atoms with E-state index in [2.05, 4.69) is 38.3 Å². The summed E-state index contributed by atoms with van der Waals surface area (Å²) in [6, 6.07) is -1.02. The highest BCUT2D eigenvalue weighted by Crippen LogP contribution is 2.09. The van der Waals surface area contributed by atoms with Crippen LogP contribution < -0.4 is 10.6 Å². The number of aliphatic hydroxyl groups excluding tert-OH is 1. The highest BCUT2D eigenvalue weighted by molar-refractivity contribution is 5.93. The molecule has 178 valence electrons. The van der Waals surface area contributed by atoms with Gasteiger partial charge in [-0.2, -0.15) is 0 Å². The molecule has 2 amide bonds. The van der Waals surface area contributed by atoms with Gasteiger partial charge in [-0.25, -0.2) is 0 Å². The molecule has 0 bridgehead atoms. The molecule has 0 spiro atoms. The first kappa shape index (κ1) is 30.7. The van der Waals surface area contributed by atoms with Gasteiger partial charge in [-0.1, -0.05) is 80.1 Å². The van der Waals surface area contributed by atoms with Crippen LogP contribution in [0, 0.1) is 5.92 Å². The Labute approximate surface area is 183 Å². The van der Waals surface area contributed by atoms with Crippen molar-refractivity contribution in [3.8, 4) is 0 Å². The van der Waals surface area contributed by atoms with Crippen LogP contribution in [0.25, 0.3) is 0 Å². The van der Waals surface area contributed by atoms with E-state index in [9.17, 15) is 19.5 Å². The number of hydrogen-bond acceptors (Lipinski definition) is 5. The lowest BCUT2D eigenvalue weighted by atomic mass is 10.1. The fraction of sp³-hybridized carbons (Fsp3) is 0.870. The average Bonchev–Trinajstić information content (AvgIpc) is 3.56. The van der Waals surface area contributed by atoms with E-state index >= 15 is 0 Å². The monoisotopic (exact) mass is 430 g/mol. The van der Waals surface area contributed by atoms with E-state index in [-0.39, 0.29) is 18.2 Å². The molecular formula is C23H46N2O5. The van der Waals surface area contributed by atoms with Crippen LogP contribution in [0.1, 0.15) is 92.9 Å². The molecule has 0 saturated carbocycles. The summed E-state index contributed by atoms with van der Waals surface area (Å²) in [6.45, 7) is 12.4. The first-order valence-corrected chi connectivity index (χ1v) is 11.6. The van der Waals surface area contributed by atoms with Crippen LogP contribution in [0.4, 0.5) is 0 Å². The van der Waals surface area contributed by atoms with E-state index < -0.39 is 24.7 Å². The Morgan fingerprint density at radius 3 is 1.97 bits per heavy atom. The summed E-state index contributed by atoms with van der Waals surface area (Å²) >= 11 is 0. The highest BCUT2D eigenvalue weighted by atomic mass is 16.6. The van der Waals surface area contributed by atoms with Crippen molar-refractivity contribution in [1.29, 1.82) is 0 Å². The van der Waals surface area contributed by atoms with Crippen molar-refractivity contribution in [3.05, 3.63) is 0 Å². The predicted molar refractivity (Wildman–Crippen MR) is 121 cm³/mol. The Morgan fingerprint density at radius 1 is 1.00 bits per heavy atom. The number of aliphatic hydroxyl groups is 1. The first-order chi connectivity index (χ1) is 14.3. The van der Waals surface area contributed by atoms with Crippen LogP contribution >= 0.6 is 0 Å². The molecule has 0 aromatic rings. The van der Waals surface area contributed by atoms with Crippen molar-refractivity contribution >= 4 is 17.6 Å². The Balaban J connectivity index is 0. The number of nitrogens with one attached hydrogen (secondary N) is 2. The Hall–Kier alpha value is -1.47. The van der Waals surface area contributed by atoms with Crippen molar-refractivity contribution in [1.82, 2.24) is 10.6 Å². The second-order valence-corrected chi connectivity index (χ2v) is 7.91. The number of ketones is 1. The molecule has 0 aromatic heterocycles. The van der Waals surface area contributed by atoms with Crippen LogP contribution in [0.2, 0.25) is 0 Å². The van der Waals surface area contributed by atoms with Crippen LogP contribution in [-0.4, -0.2) is 54.6 Å². The van der Waals surface area contributed by atoms with Crippen molar-refractivity contribution in [2.45, 2.75) is 105 Å². The number of carbonyl (C=O) groups excluding carboxylic acids is 3. The Morgan fingerprint density at radius 2 is 1.50 bits per heavy atom. The molecule has 1 aliphatic rings. The van der Waals surface area contributed by atoms with E-state index in [1.165, 1.54) is 25.7 Å². The third-order valence-corrected chi connectivity index (χ3v) is 3.97. The van der Waals surface area contributed by atoms with Crippen LogP contribution in [0.15, 0.2) is 0 Å². The molecule has 2 unspecified atom stereocenters. The zero-order chi connectivity index (χ0) is 23.4. The molecule has 1 heterocycles. The summed E-state index contributed by atoms with van der Waals surface area (Å²) < 4.78 is 4.82. The van der Waals surface area contributed by atoms with Gasteiger partial charge in [0.15, 0.2) is 5.78 Å². The van der Waals surface area contributed by atoms with E-state index in [1.54, 1.807) is 0 Å². The van der Waals surface area contributed by atoms with E-state index in [1.807, 2.05) is 13.8 Å². The molecule has 0 aromatic carbocycles. The Kier molecular flexibility index (Phi) is 21.3. The number of epoxide rings is 1. The highest BCUT2D eigenvalue weighted by Gasteiger charge is 2.31. The van der Waals surface area contributed by atoms with Crippen LogP contribution in [0.5, 0.6) is 0 Å². The predicted octanol–water partition coefficient (Wildman–Crippen LogP) is 3.38. The maximum absolute atomic E-state index is 11.9. The number of rotatable bonds is 14. The van der Waals surface area contributed by atoms with Crippen molar-refractivity contribution in [2.24, 2.45) is 5.92 Å². The quantitative estimate of drug-likeness (QED) is 0.289. The summed E-state index contributed by atoms with van der Waals surface area (Å²) in [7, 11) is 0. The smallest absolute Gasteiger partial charge is 0.245 e. The normalized spacial score (nSPS) is 15.1. The molecule has 7 heteroatoms. The van der Waals surface area contributed by atoms with E-state index in [0.717, 1.165) is 25.2 Å². The molecule has 2 atom stereocenters. The van der Waals surface area contributed by atoms with Crippen molar-refractivity contribution in [3.63, 3.8) is 0 Å². The number of Topliss-reactive ketones (excluding diaryl/α,β-unsaturated/α-hetero) is 1. The second kappa shape index (κ2) is 20.8. The molecule has 7 nitrogen and oxygen atoms in total. The minimum Gasteiger partial charge on any atom is -0.394 e. The summed E-state index contributed by atoms with van der Waals surface area (Å²) in [5, 5.41) is 14.2. The third kappa shape index (κ3) is 19.8. The molecule has 1 rings (SSSR count). The number of amides is 2. The molecule has 1 aliphatic heterocycles. The third-order valence-electron chi connectivity index (χ3n) is 3.97. The summed E-state index contributed by atoms with van der Waals surface area (Å²) in [6.07, 6.45) is 7.70. The summed E-state index contributed by atoms with van der Waals surface area (Å²) in [5.41, 5.74) is 0. The zero-order valence-corrected chi connectivity index (χ0v) is 20.1. The van der Waals surface area contributed by atoms with Gasteiger partial charge in [0.1, 0.15) is 12.1 Å². The van der Waals surface area contributed by atoms with Crippen molar-refractivity contribution < 1.29 is 24.2 Å². The topological polar surface area (TPSA) is 108 Å². The largest absolute Gasteiger partial charge is 0.394 e.